The van der Waals surface area contributed by atoms with E-state index in [0.29, 0.717) is 27.8 Å². The van der Waals surface area contributed by atoms with E-state index in [0.717, 1.165) is 61.3 Å². The van der Waals surface area contributed by atoms with E-state index < -0.39 is 9.84 Å². The van der Waals surface area contributed by atoms with Crippen molar-refractivity contribution in [1.29, 1.82) is 0 Å². The van der Waals surface area contributed by atoms with Crippen molar-refractivity contribution in [3.63, 3.8) is 0 Å². The first-order valence-electron chi connectivity index (χ1n) is 12.0. The molecule has 1 aromatic carbocycles. The summed E-state index contributed by atoms with van der Waals surface area (Å²) in [4.78, 5) is 12.0. The Hall–Kier alpha value is -1.99. The zero-order valence-corrected chi connectivity index (χ0v) is 19.7. The average Bonchev–Trinajstić information content (AvgIpc) is 3.44. The van der Waals surface area contributed by atoms with Gasteiger partial charge in [0.2, 0.25) is 5.95 Å². The largest absolute Gasteiger partial charge is 0.341 e. The van der Waals surface area contributed by atoms with Crippen molar-refractivity contribution < 1.29 is 8.42 Å². The molecule has 2 saturated carbocycles. The Balaban J connectivity index is 1.10. The molecule has 0 amide bonds. The lowest BCUT2D eigenvalue weighted by molar-refractivity contribution is 0.322. The molecule has 6 rings (SSSR count). The van der Waals surface area contributed by atoms with Gasteiger partial charge in [-0.25, -0.2) is 18.4 Å². The Morgan fingerprint density at radius 3 is 2.62 bits per heavy atom. The minimum Gasteiger partial charge on any atom is -0.341 e. The number of allylic oxidation sites excluding steroid dienone is 2. The van der Waals surface area contributed by atoms with Crippen LogP contribution in [0, 0.1) is 30.1 Å². The third-order valence-corrected chi connectivity index (χ3v) is 9.68. The number of benzene rings is 1. The van der Waals surface area contributed by atoms with Crippen LogP contribution in [0.2, 0.25) is 0 Å². The summed E-state index contributed by atoms with van der Waals surface area (Å²) in [6.45, 7) is 4.97. The van der Waals surface area contributed by atoms with Crippen LogP contribution in [0.3, 0.4) is 0 Å². The average molecular weight is 453 g/mol. The van der Waals surface area contributed by atoms with Crippen LogP contribution in [0.15, 0.2) is 35.2 Å². The summed E-state index contributed by atoms with van der Waals surface area (Å²) in [5.41, 5.74) is 2.27. The Labute approximate surface area is 190 Å². The van der Waals surface area contributed by atoms with Gasteiger partial charge in [-0.15, -0.1) is 0 Å². The van der Waals surface area contributed by atoms with Gasteiger partial charge in [0, 0.05) is 30.8 Å². The van der Waals surface area contributed by atoms with Gasteiger partial charge in [0.1, 0.15) is 0 Å². The van der Waals surface area contributed by atoms with Crippen molar-refractivity contribution in [2.75, 3.05) is 30.8 Å². The van der Waals surface area contributed by atoms with Crippen LogP contribution < -0.4 is 10.2 Å². The van der Waals surface area contributed by atoms with E-state index >= 15 is 0 Å². The number of hydrogen-bond acceptors (Lipinski definition) is 6. The van der Waals surface area contributed by atoms with E-state index in [1.165, 1.54) is 25.5 Å². The van der Waals surface area contributed by atoms with Gasteiger partial charge in [0.25, 0.3) is 0 Å². The number of anilines is 1. The van der Waals surface area contributed by atoms with E-state index in [2.05, 4.69) is 22.4 Å². The summed E-state index contributed by atoms with van der Waals surface area (Å²) in [6.07, 6.45) is 12.7. The highest BCUT2D eigenvalue weighted by Crippen LogP contribution is 2.69. The summed E-state index contributed by atoms with van der Waals surface area (Å²) in [5, 5.41) is 4.79. The first-order valence-corrected chi connectivity index (χ1v) is 13.9. The summed E-state index contributed by atoms with van der Waals surface area (Å²) in [6, 6.07) is 5.69. The zero-order chi connectivity index (χ0) is 22.1. The third kappa shape index (κ3) is 3.36. The van der Waals surface area contributed by atoms with Gasteiger partial charge in [-0.1, -0.05) is 12.2 Å². The van der Waals surface area contributed by atoms with Gasteiger partial charge in [0.05, 0.1) is 16.1 Å². The number of piperidine rings is 1. The molecule has 2 aromatic rings. The van der Waals surface area contributed by atoms with Crippen LogP contribution in [0.4, 0.5) is 5.95 Å². The lowest BCUT2D eigenvalue weighted by atomic mass is 9.88. The minimum atomic E-state index is -3.26. The van der Waals surface area contributed by atoms with Gasteiger partial charge in [-0.2, -0.15) is 0 Å². The molecular formula is C25H32N4O2S. The van der Waals surface area contributed by atoms with Crippen LogP contribution in [0.5, 0.6) is 0 Å². The Bertz CT molecular complexity index is 1200. The van der Waals surface area contributed by atoms with Gasteiger partial charge in [-0.3, -0.25) is 0 Å². The van der Waals surface area contributed by atoms with E-state index in [-0.39, 0.29) is 0 Å². The van der Waals surface area contributed by atoms with Crippen molar-refractivity contribution in [3.05, 3.63) is 36.0 Å². The van der Waals surface area contributed by atoms with Crippen molar-refractivity contribution in [3.8, 4) is 0 Å². The lowest BCUT2D eigenvalue weighted by Crippen LogP contribution is -2.44. The van der Waals surface area contributed by atoms with Gasteiger partial charge >= 0.3 is 0 Å². The lowest BCUT2D eigenvalue weighted by Gasteiger charge is -2.34. The van der Waals surface area contributed by atoms with Crippen molar-refractivity contribution in [2.45, 2.75) is 50.0 Å². The molecule has 0 unspecified atom stereocenters. The van der Waals surface area contributed by atoms with Gasteiger partial charge in [0.15, 0.2) is 9.84 Å². The summed E-state index contributed by atoms with van der Waals surface area (Å²) in [5.74, 6) is 3.22. The fourth-order valence-corrected chi connectivity index (χ4v) is 7.22. The van der Waals surface area contributed by atoms with E-state index in [1.54, 1.807) is 12.1 Å². The molecule has 170 valence electrons. The summed E-state index contributed by atoms with van der Waals surface area (Å²) < 4.78 is 23.9. The molecule has 32 heavy (non-hydrogen) atoms. The molecule has 1 saturated heterocycles. The standard InChI is InChI=1S/C25H32N4O2S/c1-16-21-5-4-20(32(2,30)31)14-23(21)28-24(27-16)29-11-7-19(8-12-29)26-15-17-13-18-3-6-22(17)25(18)9-10-25/h3-6,14,17-19,22,26H,7-13,15H2,1-2H3/t17-,18-,22-/m1/s1. The van der Waals surface area contributed by atoms with E-state index in [1.807, 2.05) is 13.0 Å². The molecule has 1 aliphatic heterocycles. The molecular weight excluding hydrogens is 420 g/mol. The van der Waals surface area contributed by atoms with Crippen LogP contribution in [-0.4, -0.2) is 50.3 Å². The smallest absolute Gasteiger partial charge is 0.226 e. The topological polar surface area (TPSA) is 75.2 Å². The molecule has 2 bridgehead atoms. The van der Waals surface area contributed by atoms with Gasteiger partial charge in [-0.05, 0) is 86.9 Å². The number of nitrogens with one attached hydrogen (secondary N) is 1. The zero-order valence-electron chi connectivity index (χ0n) is 18.9. The number of aryl methyl sites for hydroxylation is 1. The molecule has 0 radical (unpaired) electrons. The van der Waals surface area contributed by atoms with Crippen molar-refractivity contribution in [1.82, 2.24) is 15.3 Å². The van der Waals surface area contributed by atoms with Crippen molar-refractivity contribution in [2.24, 2.45) is 23.2 Å². The highest BCUT2D eigenvalue weighted by Gasteiger charge is 2.62. The number of aromatic nitrogens is 2. The fourth-order valence-electron chi connectivity index (χ4n) is 6.58. The first kappa shape index (κ1) is 20.6. The highest BCUT2D eigenvalue weighted by molar-refractivity contribution is 7.90. The van der Waals surface area contributed by atoms with E-state index in [4.69, 9.17) is 9.97 Å². The monoisotopic (exact) mass is 452 g/mol. The predicted molar refractivity (Wildman–Crippen MR) is 127 cm³/mol. The SMILES string of the molecule is Cc1nc(N2CCC(NC[C@H]3C[C@H]4C=C[C@H]3C43CC3)CC2)nc2cc(S(C)(=O)=O)ccc12. The van der Waals surface area contributed by atoms with Crippen LogP contribution in [0.25, 0.3) is 10.9 Å². The molecule has 3 atom stereocenters. The molecule has 4 aliphatic rings. The molecule has 3 fully saturated rings. The molecule has 2 heterocycles. The Kier molecular flexibility index (Phi) is 4.67. The Morgan fingerprint density at radius 1 is 1.16 bits per heavy atom. The second-order valence-corrected chi connectivity index (χ2v) is 12.5. The third-order valence-electron chi connectivity index (χ3n) is 8.57. The number of hydrogen-bond donors (Lipinski definition) is 1. The van der Waals surface area contributed by atoms with Crippen LogP contribution >= 0.6 is 0 Å². The quantitative estimate of drug-likeness (QED) is 0.700. The molecule has 6 nitrogen and oxygen atoms in total. The molecule has 1 spiro atoms. The summed E-state index contributed by atoms with van der Waals surface area (Å²) >= 11 is 0. The molecule has 1 aromatic heterocycles. The fraction of sp³-hybridized carbons (Fsp3) is 0.600. The number of nitrogens with zero attached hydrogens (tertiary/aromatic N) is 3. The Morgan fingerprint density at radius 2 is 1.94 bits per heavy atom. The van der Waals surface area contributed by atoms with E-state index in [9.17, 15) is 8.42 Å². The predicted octanol–water partition coefficient (Wildman–Crippen LogP) is 3.50. The number of fused-ring (bicyclic) bond motifs is 1. The number of sulfone groups is 1. The minimum absolute atomic E-state index is 0.306. The maximum atomic E-state index is 12.0. The van der Waals surface area contributed by atoms with Crippen molar-refractivity contribution >= 4 is 26.7 Å². The normalized spacial score (nSPS) is 28.8. The second kappa shape index (κ2) is 7.26. The number of rotatable bonds is 5. The molecule has 3 aliphatic carbocycles. The highest BCUT2D eigenvalue weighted by atomic mass is 32.2. The second-order valence-electron chi connectivity index (χ2n) is 10.5. The maximum Gasteiger partial charge on any atom is 0.226 e. The first-order chi connectivity index (χ1) is 15.3. The van der Waals surface area contributed by atoms with Crippen LogP contribution in [0.1, 0.15) is 37.8 Å². The maximum absolute atomic E-state index is 12.0. The molecule has 1 N–H and O–H groups in total. The molecule has 7 heteroatoms. The van der Waals surface area contributed by atoms with Gasteiger partial charge < -0.3 is 10.2 Å². The van der Waals surface area contributed by atoms with Crippen LogP contribution in [-0.2, 0) is 9.84 Å². The summed E-state index contributed by atoms with van der Waals surface area (Å²) in [7, 11) is -3.26.